The Bertz CT molecular complexity index is 587. The predicted molar refractivity (Wildman–Crippen MR) is 87.5 cm³/mol. The maximum atomic E-state index is 5.54. The monoisotopic (exact) mass is 417 g/mol. The molecule has 0 amide bonds. The summed E-state index contributed by atoms with van der Waals surface area (Å²) in [5.41, 5.74) is 2.70. The molecule has 21 heavy (non-hydrogen) atoms. The zero-order valence-corrected chi connectivity index (χ0v) is 15.3. The van der Waals surface area contributed by atoms with Crippen molar-refractivity contribution in [1.82, 2.24) is 15.0 Å². The summed E-state index contributed by atoms with van der Waals surface area (Å²) in [6, 6.07) is 4.06. The van der Waals surface area contributed by atoms with Gasteiger partial charge in [0, 0.05) is 22.2 Å². The van der Waals surface area contributed by atoms with Crippen LogP contribution >= 0.6 is 31.9 Å². The molecule has 0 N–H and O–H groups in total. The second-order valence-corrected chi connectivity index (χ2v) is 6.12. The van der Waals surface area contributed by atoms with Gasteiger partial charge in [-0.05, 0) is 70.3 Å². The van der Waals surface area contributed by atoms with Gasteiger partial charge in [0.2, 0.25) is 6.29 Å². The maximum Gasteiger partial charge on any atom is 0.204 e. The number of halogens is 2. The fourth-order valence-corrected chi connectivity index (χ4v) is 3.71. The highest BCUT2D eigenvalue weighted by atomic mass is 79.9. The Morgan fingerprint density at radius 2 is 1.71 bits per heavy atom. The molecule has 0 aliphatic carbocycles. The van der Waals surface area contributed by atoms with Gasteiger partial charge in [0.25, 0.3) is 0 Å². The van der Waals surface area contributed by atoms with Gasteiger partial charge in [-0.2, -0.15) is 0 Å². The molecule has 7 heteroatoms. The minimum atomic E-state index is -0.489. The molecule has 0 saturated carbocycles. The van der Waals surface area contributed by atoms with Gasteiger partial charge in [-0.3, -0.25) is 0 Å². The number of aromatic nitrogens is 3. The largest absolute Gasteiger partial charge is 0.347 e. The van der Waals surface area contributed by atoms with Crippen LogP contribution in [0, 0.1) is 6.92 Å². The highest BCUT2D eigenvalue weighted by Gasteiger charge is 2.18. The van der Waals surface area contributed by atoms with Gasteiger partial charge >= 0.3 is 0 Å². The first-order valence-electron chi connectivity index (χ1n) is 6.68. The number of aryl methyl sites for hydroxylation is 1. The van der Waals surface area contributed by atoms with Crippen molar-refractivity contribution in [2.24, 2.45) is 0 Å². The lowest BCUT2D eigenvalue weighted by Gasteiger charge is -2.13. The van der Waals surface area contributed by atoms with Crippen molar-refractivity contribution in [2.75, 3.05) is 13.2 Å². The number of benzene rings is 1. The van der Waals surface area contributed by atoms with Gasteiger partial charge in [0.15, 0.2) is 0 Å². The van der Waals surface area contributed by atoms with Gasteiger partial charge in [0.05, 0.1) is 11.9 Å². The zero-order valence-electron chi connectivity index (χ0n) is 12.1. The summed E-state index contributed by atoms with van der Waals surface area (Å²) >= 11 is 7.12. The standard InChI is InChI=1S/C14H17Br2N3O2/c1-4-20-14(21-5-2)12-8-19(18-17-12)13-10(15)6-9(3)7-11(13)16/h6-8,14H,4-5H2,1-3H3. The molecule has 2 aromatic rings. The lowest BCUT2D eigenvalue weighted by molar-refractivity contribution is -0.142. The minimum absolute atomic E-state index is 0.489. The Hall–Kier alpha value is -0.760. The molecule has 0 aliphatic heterocycles. The fraction of sp³-hybridized carbons (Fsp3) is 0.429. The Morgan fingerprint density at radius 1 is 1.14 bits per heavy atom. The molecule has 1 aromatic carbocycles. The van der Waals surface area contributed by atoms with Gasteiger partial charge in [-0.25, -0.2) is 4.68 Å². The van der Waals surface area contributed by atoms with Gasteiger partial charge in [-0.1, -0.05) is 5.21 Å². The molecule has 1 aromatic heterocycles. The third kappa shape index (κ3) is 3.91. The molecule has 5 nitrogen and oxygen atoms in total. The topological polar surface area (TPSA) is 49.2 Å². The van der Waals surface area contributed by atoms with E-state index in [-0.39, 0.29) is 0 Å². The summed E-state index contributed by atoms with van der Waals surface area (Å²) in [5, 5.41) is 8.33. The third-order valence-corrected chi connectivity index (χ3v) is 3.99. The van der Waals surface area contributed by atoms with Crippen LogP contribution in [0.1, 0.15) is 31.4 Å². The van der Waals surface area contributed by atoms with Crippen LogP contribution in [0.3, 0.4) is 0 Å². The van der Waals surface area contributed by atoms with E-state index in [1.165, 1.54) is 0 Å². The molecule has 0 fully saturated rings. The molecule has 0 radical (unpaired) electrons. The molecule has 0 spiro atoms. The van der Waals surface area contributed by atoms with Crippen molar-refractivity contribution in [3.8, 4) is 5.69 Å². The van der Waals surface area contributed by atoms with E-state index in [2.05, 4.69) is 42.2 Å². The molecule has 0 saturated heterocycles. The van der Waals surface area contributed by atoms with Crippen LogP contribution in [0.4, 0.5) is 0 Å². The quantitative estimate of drug-likeness (QED) is 0.660. The van der Waals surface area contributed by atoms with Crippen molar-refractivity contribution in [3.05, 3.63) is 38.5 Å². The number of rotatable bonds is 6. The lowest BCUT2D eigenvalue weighted by Crippen LogP contribution is -2.09. The first kappa shape index (κ1) is 16.6. The highest BCUT2D eigenvalue weighted by molar-refractivity contribution is 9.11. The number of ether oxygens (including phenoxy) is 2. The average Bonchev–Trinajstić information content (AvgIpc) is 2.86. The van der Waals surface area contributed by atoms with E-state index in [0.717, 1.165) is 20.2 Å². The van der Waals surface area contributed by atoms with Crippen molar-refractivity contribution in [1.29, 1.82) is 0 Å². The van der Waals surface area contributed by atoms with Crippen molar-refractivity contribution in [3.63, 3.8) is 0 Å². The van der Waals surface area contributed by atoms with Crippen LogP contribution in [0.2, 0.25) is 0 Å². The van der Waals surface area contributed by atoms with Crippen molar-refractivity contribution < 1.29 is 9.47 Å². The van der Waals surface area contributed by atoms with Gasteiger partial charge in [-0.15, -0.1) is 5.10 Å². The van der Waals surface area contributed by atoms with Gasteiger partial charge in [0.1, 0.15) is 5.69 Å². The zero-order chi connectivity index (χ0) is 15.4. The predicted octanol–water partition coefficient (Wildman–Crippen LogP) is 4.17. The molecule has 0 atom stereocenters. The first-order chi connectivity index (χ1) is 10.1. The van der Waals surface area contributed by atoms with E-state index >= 15 is 0 Å². The van der Waals surface area contributed by atoms with E-state index in [0.29, 0.717) is 18.9 Å². The Morgan fingerprint density at radius 3 is 2.24 bits per heavy atom. The normalized spacial score (nSPS) is 11.3. The molecule has 0 bridgehead atoms. The first-order valence-corrected chi connectivity index (χ1v) is 8.26. The highest BCUT2D eigenvalue weighted by Crippen LogP contribution is 2.30. The van der Waals surface area contributed by atoms with E-state index in [1.54, 1.807) is 4.68 Å². The van der Waals surface area contributed by atoms with Crippen LogP contribution in [0.25, 0.3) is 5.69 Å². The molecule has 1 heterocycles. The number of hydrogen-bond donors (Lipinski definition) is 0. The molecular formula is C14H17Br2N3O2. The summed E-state index contributed by atoms with van der Waals surface area (Å²) in [4.78, 5) is 0. The smallest absolute Gasteiger partial charge is 0.204 e. The van der Waals surface area contributed by atoms with Crippen LogP contribution in [-0.2, 0) is 9.47 Å². The third-order valence-electron chi connectivity index (χ3n) is 2.78. The van der Waals surface area contributed by atoms with Gasteiger partial charge < -0.3 is 9.47 Å². The Labute approximate surface area is 140 Å². The minimum Gasteiger partial charge on any atom is -0.347 e. The second-order valence-electron chi connectivity index (χ2n) is 4.41. The second kappa shape index (κ2) is 7.49. The lowest BCUT2D eigenvalue weighted by atomic mass is 10.2. The average molecular weight is 419 g/mol. The van der Waals surface area contributed by atoms with Crippen molar-refractivity contribution >= 4 is 31.9 Å². The summed E-state index contributed by atoms with van der Waals surface area (Å²) in [6.07, 6.45) is 1.33. The van der Waals surface area contributed by atoms with Crippen LogP contribution < -0.4 is 0 Å². The molecule has 114 valence electrons. The fourth-order valence-electron chi connectivity index (χ4n) is 1.93. The summed E-state index contributed by atoms with van der Waals surface area (Å²) < 4.78 is 14.7. The molecule has 0 aliphatic rings. The molecule has 2 rings (SSSR count). The molecular weight excluding hydrogens is 402 g/mol. The SMILES string of the molecule is CCOC(OCC)c1cn(-c2c(Br)cc(C)cc2Br)nn1. The van der Waals surface area contributed by atoms with Crippen molar-refractivity contribution in [2.45, 2.75) is 27.1 Å². The van der Waals surface area contributed by atoms with Crippen LogP contribution in [-0.4, -0.2) is 28.2 Å². The van der Waals surface area contributed by atoms with E-state index < -0.39 is 6.29 Å². The van der Waals surface area contributed by atoms with Crippen LogP contribution in [0.15, 0.2) is 27.3 Å². The van der Waals surface area contributed by atoms with E-state index in [9.17, 15) is 0 Å². The number of hydrogen-bond acceptors (Lipinski definition) is 4. The van der Waals surface area contributed by atoms with E-state index in [4.69, 9.17) is 9.47 Å². The molecule has 0 unspecified atom stereocenters. The Balaban J connectivity index is 2.35. The number of nitrogens with zero attached hydrogens (tertiary/aromatic N) is 3. The summed E-state index contributed by atoms with van der Waals surface area (Å²) in [7, 11) is 0. The van der Waals surface area contributed by atoms with E-state index in [1.807, 2.05) is 39.1 Å². The maximum absolute atomic E-state index is 5.54. The summed E-state index contributed by atoms with van der Waals surface area (Å²) in [5.74, 6) is 0. The Kier molecular flexibility index (Phi) is 5.92. The van der Waals surface area contributed by atoms with Crippen LogP contribution in [0.5, 0.6) is 0 Å². The summed E-state index contributed by atoms with van der Waals surface area (Å²) in [6.45, 7) is 6.98.